The van der Waals surface area contributed by atoms with E-state index in [4.69, 9.17) is 9.57 Å². The van der Waals surface area contributed by atoms with Gasteiger partial charge in [-0.3, -0.25) is 0 Å². The summed E-state index contributed by atoms with van der Waals surface area (Å²) in [6.07, 6.45) is 7.51. The molecule has 0 aromatic rings. The Balaban J connectivity index is 2.05. The number of ether oxygens (including phenoxy) is 1. The maximum atomic E-state index is 5.20. The van der Waals surface area contributed by atoms with Crippen LogP contribution in [0.25, 0.3) is 0 Å². The van der Waals surface area contributed by atoms with Crippen molar-refractivity contribution in [2.45, 2.75) is 25.3 Å². The second-order valence-electron chi connectivity index (χ2n) is 3.38. The van der Waals surface area contributed by atoms with Gasteiger partial charge in [-0.05, 0) is 37.0 Å². The molecule has 2 aliphatic rings. The van der Waals surface area contributed by atoms with Crippen molar-refractivity contribution in [2.75, 3.05) is 13.7 Å². The van der Waals surface area contributed by atoms with Gasteiger partial charge in [0.2, 0.25) is 0 Å². The van der Waals surface area contributed by atoms with Crippen LogP contribution in [0.15, 0.2) is 23.5 Å². The lowest BCUT2D eigenvalue weighted by Gasteiger charge is -2.17. The lowest BCUT2D eigenvalue weighted by Crippen LogP contribution is -2.23. The summed E-state index contributed by atoms with van der Waals surface area (Å²) in [6.45, 7) is 0.814. The molecule has 1 atom stereocenters. The van der Waals surface area contributed by atoms with E-state index >= 15 is 0 Å². The molecule has 72 valence electrons. The number of hydrogen-bond donors (Lipinski definition) is 1. The quantitative estimate of drug-likeness (QED) is 0.700. The zero-order chi connectivity index (χ0) is 9.10. The molecule has 1 N–H and O–H groups in total. The van der Waals surface area contributed by atoms with Crippen LogP contribution in [0.3, 0.4) is 0 Å². The first kappa shape index (κ1) is 8.78. The minimum absolute atomic E-state index is 0.402. The van der Waals surface area contributed by atoms with Crippen molar-refractivity contribution in [3.05, 3.63) is 23.5 Å². The average Bonchev–Trinajstić information content (AvgIpc) is 2.71. The molecule has 0 bridgehead atoms. The predicted molar refractivity (Wildman–Crippen MR) is 49.9 cm³/mol. The number of nitrogens with one attached hydrogen (secondary N) is 1. The maximum absolute atomic E-state index is 5.20. The molecule has 1 aliphatic heterocycles. The molecule has 3 nitrogen and oxygen atoms in total. The minimum atomic E-state index is 0.402. The van der Waals surface area contributed by atoms with E-state index in [0.717, 1.165) is 31.6 Å². The summed E-state index contributed by atoms with van der Waals surface area (Å²) in [5.74, 6) is 0.981. The molecule has 1 aliphatic carbocycles. The van der Waals surface area contributed by atoms with Crippen molar-refractivity contribution >= 4 is 0 Å². The van der Waals surface area contributed by atoms with E-state index in [1.807, 2.05) is 0 Å². The first-order valence-corrected chi connectivity index (χ1v) is 4.72. The molecule has 13 heavy (non-hydrogen) atoms. The Morgan fingerprint density at radius 3 is 3.23 bits per heavy atom. The molecule has 1 unspecified atom stereocenters. The molecule has 0 saturated carbocycles. The van der Waals surface area contributed by atoms with E-state index in [9.17, 15) is 0 Å². The normalized spacial score (nSPS) is 28.2. The molecule has 1 fully saturated rings. The van der Waals surface area contributed by atoms with Gasteiger partial charge in [0.25, 0.3) is 0 Å². The van der Waals surface area contributed by atoms with Gasteiger partial charge >= 0.3 is 0 Å². The van der Waals surface area contributed by atoms with E-state index in [1.165, 1.54) is 5.57 Å². The van der Waals surface area contributed by atoms with Gasteiger partial charge in [0.05, 0.1) is 19.8 Å². The fourth-order valence-corrected chi connectivity index (χ4v) is 1.77. The van der Waals surface area contributed by atoms with E-state index in [0.29, 0.717) is 6.04 Å². The Kier molecular flexibility index (Phi) is 2.66. The molecule has 0 aromatic carbocycles. The number of rotatable bonds is 2. The summed E-state index contributed by atoms with van der Waals surface area (Å²) in [5, 5.41) is 0. The first-order chi connectivity index (χ1) is 6.40. The number of allylic oxidation sites excluding steroid dienone is 2. The predicted octanol–water partition coefficient (Wildman–Crippen LogP) is 1.53. The van der Waals surface area contributed by atoms with Crippen LogP contribution in [0, 0.1) is 0 Å². The average molecular weight is 181 g/mol. The van der Waals surface area contributed by atoms with Crippen molar-refractivity contribution in [1.29, 1.82) is 0 Å². The van der Waals surface area contributed by atoms with Crippen molar-refractivity contribution in [1.82, 2.24) is 5.48 Å². The molecule has 1 heterocycles. The summed E-state index contributed by atoms with van der Waals surface area (Å²) >= 11 is 0. The number of methoxy groups -OCH3 is 1. The van der Waals surface area contributed by atoms with E-state index in [2.05, 4.69) is 17.6 Å². The molecule has 0 radical (unpaired) electrons. The Labute approximate surface area is 78.4 Å². The summed E-state index contributed by atoms with van der Waals surface area (Å²) in [6, 6.07) is 0.402. The summed E-state index contributed by atoms with van der Waals surface area (Å²) < 4.78 is 5.20. The van der Waals surface area contributed by atoms with Gasteiger partial charge in [-0.2, -0.15) is 5.48 Å². The number of hydrogen-bond acceptors (Lipinski definition) is 3. The third-order valence-electron chi connectivity index (χ3n) is 2.52. The van der Waals surface area contributed by atoms with Gasteiger partial charge in [0, 0.05) is 0 Å². The third-order valence-corrected chi connectivity index (χ3v) is 2.52. The van der Waals surface area contributed by atoms with Crippen molar-refractivity contribution in [3.8, 4) is 0 Å². The van der Waals surface area contributed by atoms with Gasteiger partial charge in [-0.15, -0.1) is 0 Å². The zero-order valence-electron chi connectivity index (χ0n) is 7.88. The Morgan fingerprint density at radius 2 is 2.54 bits per heavy atom. The minimum Gasteiger partial charge on any atom is -0.497 e. The van der Waals surface area contributed by atoms with Crippen LogP contribution >= 0.6 is 0 Å². The summed E-state index contributed by atoms with van der Waals surface area (Å²) in [4.78, 5) is 5.13. The number of hydroxylamine groups is 1. The molecule has 1 saturated heterocycles. The highest BCUT2D eigenvalue weighted by Gasteiger charge is 2.20. The van der Waals surface area contributed by atoms with Crippen LogP contribution in [-0.2, 0) is 9.57 Å². The Bertz CT molecular complexity index is 239. The molecule has 0 amide bonds. The van der Waals surface area contributed by atoms with Crippen LogP contribution in [0.5, 0.6) is 0 Å². The SMILES string of the molecule is COC1=CCCC(C2CCON2)=C1. The third kappa shape index (κ3) is 1.92. The second kappa shape index (κ2) is 3.94. The fraction of sp³-hybridized carbons (Fsp3) is 0.600. The topological polar surface area (TPSA) is 30.5 Å². The smallest absolute Gasteiger partial charge is 0.114 e. The van der Waals surface area contributed by atoms with Crippen molar-refractivity contribution in [3.63, 3.8) is 0 Å². The second-order valence-corrected chi connectivity index (χ2v) is 3.38. The highest BCUT2D eigenvalue weighted by Crippen LogP contribution is 2.23. The van der Waals surface area contributed by atoms with Gasteiger partial charge in [0.15, 0.2) is 0 Å². The van der Waals surface area contributed by atoms with Crippen LogP contribution < -0.4 is 5.48 Å². The maximum Gasteiger partial charge on any atom is 0.114 e. The van der Waals surface area contributed by atoms with Gasteiger partial charge in [0.1, 0.15) is 5.76 Å². The van der Waals surface area contributed by atoms with E-state index < -0.39 is 0 Å². The van der Waals surface area contributed by atoms with Crippen molar-refractivity contribution < 1.29 is 9.57 Å². The lowest BCUT2D eigenvalue weighted by molar-refractivity contribution is 0.0924. The molecule has 0 spiro atoms. The van der Waals surface area contributed by atoms with Crippen molar-refractivity contribution in [2.24, 2.45) is 0 Å². The summed E-state index contributed by atoms with van der Waals surface area (Å²) in [5.41, 5.74) is 4.42. The van der Waals surface area contributed by atoms with E-state index in [-0.39, 0.29) is 0 Å². The fourth-order valence-electron chi connectivity index (χ4n) is 1.77. The molecule has 3 heteroatoms. The van der Waals surface area contributed by atoms with Crippen LogP contribution in [0.2, 0.25) is 0 Å². The van der Waals surface area contributed by atoms with E-state index in [1.54, 1.807) is 7.11 Å². The summed E-state index contributed by atoms with van der Waals surface area (Å²) in [7, 11) is 1.71. The molecular weight excluding hydrogens is 166 g/mol. The van der Waals surface area contributed by atoms with Gasteiger partial charge < -0.3 is 9.57 Å². The van der Waals surface area contributed by atoms with Gasteiger partial charge in [-0.1, -0.05) is 0 Å². The van der Waals surface area contributed by atoms with Gasteiger partial charge in [-0.25, -0.2) is 0 Å². The monoisotopic (exact) mass is 181 g/mol. The van der Waals surface area contributed by atoms with Crippen LogP contribution in [0.4, 0.5) is 0 Å². The zero-order valence-corrected chi connectivity index (χ0v) is 7.88. The highest BCUT2D eigenvalue weighted by atomic mass is 16.7. The van der Waals surface area contributed by atoms with Crippen LogP contribution in [-0.4, -0.2) is 19.8 Å². The molecular formula is C10H15NO2. The van der Waals surface area contributed by atoms with Crippen LogP contribution in [0.1, 0.15) is 19.3 Å². The molecule has 0 aromatic heterocycles. The molecule has 2 rings (SSSR count). The standard InChI is InChI=1S/C10H15NO2/c1-12-9-4-2-3-8(7-9)10-5-6-13-11-10/h4,7,10-11H,2-3,5-6H2,1H3. The Hall–Kier alpha value is -0.800. The lowest BCUT2D eigenvalue weighted by atomic mass is 9.96. The highest BCUT2D eigenvalue weighted by molar-refractivity contribution is 5.27. The largest absolute Gasteiger partial charge is 0.497 e. The first-order valence-electron chi connectivity index (χ1n) is 4.72. The Morgan fingerprint density at radius 1 is 1.62 bits per heavy atom.